The van der Waals surface area contributed by atoms with E-state index in [9.17, 15) is 0 Å². The number of ether oxygens (including phenoxy) is 1. The van der Waals surface area contributed by atoms with Crippen LogP contribution >= 0.6 is 0 Å². The third-order valence-corrected chi connectivity index (χ3v) is 4.38. The molecule has 1 aromatic rings. The molecule has 0 saturated heterocycles. The topological polar surface area (TPSA) is 33.0 Å². The molecule has 2 heteroatoms. The van der Waals surface area contributed by atoms with E-state index in [4.69, 9.17) is 10.00 Å². The number of rotatable bonds is 6. The fraction of sp³-hybridized carbons (Fsp3) is 0.526. The summed E-state index contributed by atoms with van der Waals surface area (Å²) in [7, 11) is 0. The highest BCUT2D eigenvalue weighted by Gasteiger charge is 2.22. The largest absolute Gasteiger partial charge is 0.381 e. The number of allylic oxidation sites excluding steroid dienone is 1. The quantitative estimate of drug-likeness (QED) is 0.554. The third kappa shape index (κ3) is 5.02. The Labute approximate surface area is 128 Å². The Morgan fingerprint density at radius 2 is 1.90 bits per heavy atom. The first kappa shape index (κ1) is 15.8. The second kappa shape index (κ2) is 8.64. The zero-order valence-corrected chi connectivity index (χ0v) is 12.9. The summed E-state index contributed by atoms with van der Waals surface area (Å²) >= 11 is 0. The van der Waals surface area contributed by atoms with Crippen molar-refractivity contribution in [3.63, 3.8) is 0 Å². The van der Waals surface area contributed by atoms with Crippen molar-refractivity contribution in [2.75, 3.05) is 13.2 Å². The molecule has 0 unspecified atom stereocenters. The van der Waals surface area contributed by atoms with Gasteiger partial charge >= 0.3 is 0 Å². The minimum absolute atomic E-state index is 0.664. The SMILES string of the molecule is C/C=C/CCOCC1CCC(c2ccc(C#N)cc2)CC1. The fourth-order valence-corrected chi connectivity index (χ4v) is 3.06. The summed E-state index contributed by atoms with van der Waals surface area (Å²) in [6.07, 6.45) is 10.3. The van der Waals surface area contributed by atoms with E-state index in [1.807, 2.05) is 19.1 Å². The molecule has 2 nitrogen and oxygen atoms in total. The molecule has 0 atom stereocenters. The Kier molecular flexibility index (Phi) is 6.50. The minimum atomic E-state index is 0.664. The Bertz CT molecular complexity index is 475. The number of benzene rings is 1. The molecule has 21 heavy (non-hydrogen) atoms. The molecule has 0 heterocycles. The molecule has 0 bridgehead atoms. The smallest absolute Gasteiger partial charge is 0.0991 e. The molecule has 0 aromatic heterocycles. The lowest BCUT2D eigenvalue weighted by molar-refractivity contribution is 0.0858. The van der Waals surface area contributed by atoms with Gasteiger partial charge in [0.1, 0.15) is 0 Å². The van der Waals surface area contributed by atoms with Gasteiger partial charge in [0.05, 0.1) is 18.2 Å². The van der Waals surface area contributed by atoms with Gasteiger partial charge in [-0.2, -0.15) is 5.26 Å². The summed E-state index contributed by atoms with van der Waals surface area (Å²) in [5.41, 5.74) is 2.14. The zero-order valence-electron chi connectivity index (χ0n) is 12.9. The lowest BCUT2D eigenvalue weighted by atomic mass is 9.79. The van der Waals surface area contributed by atoms with Gasteiger partial charge < -0.3 is 4.74 Å². The van der Waals surface area contributed by atoms with Crippen LogP contribution in [-0.2, 0) is 4.74 Å². The van der Waals surface area contributed by atoms with Crippen molar-refractivity contribution in [1.82, 2.24) is 0 Å². The van der Waals surface area contributed by atoms with Gasteiger partial charge in [-0.05, 0) is 68.6 Å². The second-order valence-corrected chi connectivity index (χ2v) is 5.88. The fourth-order valence-electron chi connectivity index (χ4n) is 3.06. The van der Waals surface area contributed by atoms with Crippen molar-refractivity contribution in [3.05, 3.63) is 47.5 Å². The standard InChI is InChI=1S/C19H25NO/c1-2-3-4-13-21-15-17-7-11-19(12-8-17)18-9-5-16(14-20)6-10-18/h2-3,5-6,9-10,17,19H,4,7-8,11-13,15H2,1H3/b3-2+. The first-order chi connectivity index (χ1) is 10.3. The van der Waals surface area contributed by atoms with Gasteiger partial charge in [-0.25, -0.2) is 0 Å². The normalized spacial score (nSPS) is 22.3. The van der Waals surface area contributed by atoms with Crippen LogP contribution in [-0.4, -0.2) is 13.2 Å². The Morgan fingerprint density at radius 3 is 2.52 bits per heavy atom. The molecule has 0 amide bonds. The van der Waals surface area contributed by atoms with E-state index in [1.54, 1.807) is 0 Å². The van der Waals surface area contributed by atoms with Crippen molar-refractivity contribution >= 4 is 0 Å². The monoisotopic (exact) mass is 283 g/mol. The van der Waals surface area contributed by atoms with Gasteiger partial charge in [0.25, 0.3) is 0 Å². The van der Waals surface area contributed by atoms with Gasteiger partial charge in [-0.1, -0.05) is 24.3 Å². The van der Waals surface area contributed by atoms with Crippen LogP contribution in [0.2, 0.25) is 0 Å². The average Bonchev–Trinajstić information content (AvgIpc) is 2.55. The molecular formula is C19H25NO. The lowest BCUT2D eigenvalue weighted by Crippen LogP contribution is -2.18. The van der Waals surface area contributed by atoms with E-state index in [2.05, 4.69) is 30.4 Å². The van der Waals surface area contributed by atoms with Crippen LogP contribution in [0.5, 0.6) is 0 Å². The summed E-state index contributed by atoms with van der Waals surface area (Å²) < 4.78 is 5.76. The second-order valence-electron chi connectivity index (χ2n) is 5.88. The molecule has 0 spiro atoms. The van der Waals surface area contributed by atoms with Crippen LogP contribution in [0.25, 0.3) is 0 Å². The molecule has 0 radical (unpaired) electrons. The van der Waals surface area contributed by atoms with Gasteiger partial charge in [-0.15, -0.1) is 0 Å². The highest BCUT2D eigenvalue weighted by atomic mass is 16.5. The average molecular weight is 283 g/mol. The Morgan fingerprint density at radius 1 is 1.19 bits per heavy atom. The van der Waals surface area contributed by atoms with Crippen LogP contribution in [0, 0.1) is 17.2 Å². The predicted octanol–water partition coefficient (Wildman–Crippen LogP) is 4.81. The molecule has 1 aromatic carbocycles. The van der Waals surface area contributed by atoms with E-state index in [-0.39, 0.29) is 0 Å². The van der Waals surface area contributed by atoms with Crippen LogP contribution in [0.1, 0.15) is 56.1 Å². The van der Waals surface area contributed by atoms with Gasteiger partial charge in [-0.3, -0.25) is 0 Å². The summed E-state index contributed by atoms with van der Waals surface area (Å²) in [5.74, 6) is 1.39. The summed E-state index contributed by atoms with van der Waals surface area (Å²) in [6.45, 7) is 3.81. The number of nitrogens with zero attached hydrogens (tertiary/aromatic N) is 1. The van der Waals surface area contributed by atoms with Crippen LogP contribution < -0.4 is 0 Å². The summed E-state index contributed by atoms with van der Waals surface area (Å²) in [5, 5.41) is 8.84. The molecule has 112 valence electrons. The molecule has 0 aliphatic heterocycles. The molecule has 1 aliphatic rings. The summed E-state index contributed by atoms with van der Waals surface area (Å²) in [4.78, 5) is 0. The van der Waals surface area contributed by atoms with Crippen molar-refractivity contribution in [1.29, 1.82) is 5.26 Å². The van der Waals surface area contributed by atoms with Crippen molar-refractivity contribution in [2.45, 2.75) is 44.9 Å². The van der Waals surface area contributed by atoms with Gasteiger partial charge in [0.2, 0.25) is 0 Å². The lowest BCUT2D eigenvalue weighted by Gasteiger charge is -2.28. The van der Waals surface area contributed by atoms with Crippen LogP contribution in [0.3, 0.4) is 0 Å². The predicted molar refractivity (Wildman–Crippen MR) is 86.1 cm³/mol. The number of hydrogen-bond acceptors (Lipinski definition) is 2. The molecule has 1 saturated carbocycles. The molecule has 1 fully saturated rings. The maximum atomic E-state index is 8.84. The number of hydrogen-bond donors (Lipinski definition) is 0. The van der Waals surface area contributed by atoms with Crippen LogP contribution in [0.15, 0.2) is 36.4 Å². The molecule has 2 rings (SSSR count). The van der Waals surface area contributed by atoms with Crippen molar-refractivity contribution in [2.24, 2.45) is 5.92 Å². The van der Waals surface area contributed by atoms with E-state index in [0.29, 0.717) is 5.92 Å². The zero-order chi connectivity index (χ0) is 14.9. The highest BCUT2D eigenvalue weighted by Crippen LogP contribution is 2.35. The molecular weight excluding hydrogens is 258 g/mol. The maximum Gasteiger partial charge on any atom is 0.0991 e. The third-order valence-electron chi connectivity index (χ3n) is 4.38. The first-order valence-electron chi connectivity index (χ1n) is 8.02. The van der Waals surface area contributed by atoms with E-state index in [0.717, 1.165) is 31.1 Å². The van der Waals surface area contributed by atoms with E-state index < -0.39 is 0 Å². The summed E-state index contributed by atoms with van der Waals surface area (Å²) in [6, 6.07) is 10.3. The van der Waals surface area contributed by atoms with Crippen LogP contribution in [0.4, 0.5) is 0 Å². The Hall–Kier alpha value is -1.59. The molecule has 1 aliphatic carbocycles. The number of nitriles is 1. The van der Waals surface area contributed by atoms with Crippen molar-refractivity contribution in [3.8, 4) is 6.07 Å². The van der Waals surface area contributed by atoms with E-state index in [1.165, 1.54) is 31.2 Å². The molecule has 0 N–H and O–H groups in total. The highest BCUT2D eigenvalue weighted by molar-refractivity contribution is 5.33. The Balaban J connectivity index is 1.71. The van der Waals surface area contributed by atoms with Gasteiger partial charge in [0, 0.05) is 6.61 Å². The van der Waals surface area contributed by atoms with Crippen molar-refractivity contribution < 1.29 is 4.74 Å². The minimum Gasteiger partial charge on any atom is -0.381 e. The van der Waals surface area contributed by atoms with E-state index >= 15 is 0 Å². The maximum absolute atomic E-state index is 8.84. The first-order valence-corrected chi connectivity index (χ1v) is 8.02. The van der Waals surface area contributed by atoms with Gasteiger partial charge in [0.15, 0.2) is 0 Å².